The Kier molecular flexibility index (Phi) is 5.37. The van der Waals surface area contributed by atoms with E-state index in [9.17, 15) is 4.79 Å². The fourth-order valence-electron chi connectivity index (χ4n) is 2.62. The fourth-order valence-corrected chi connectivity index (χ4v) is 3.27. The molecule has 1 amide bonds. The zero-order chi connectivity index (χ0) is 13.0. The maximum Gasteiger partial charge on any atom is 0.226 e. The number of likely N-dealkylation sites (tertiary alicyclic amines) is 1. The van der Waals surface area contributed by atoms with Crippen LogP contribution in [0.5, 0.6) is 0 Å². The molecule has 0 spiro atoms. The Balaban J connectivity index is 1.70. The van der Waals surface area contributed by atoms with Crippen LogP contribution in [0.1, 0.15) is 39.0 Å². The minimum Gasteiger partial charge on any atom is -0.375 e. The molecule has 0 aromatic rings. The summed E-state index contributed by atoms with van der Waals surface area (Å²) in [6.45, 7) is 3.81. The number of rotatable bonds is 5. The van der Waals surface area contributed by atoms with Gasteiger partial charge in [-0.25, -0.2) is 0 Å². The van der Waals surface area contributed by atoms with Crippen molar-refractivity contribution >= 4 is 17.7 Å². The molecule has 0 N–H and O–H groups in total. The first-order valence-electron chi connectivity index (χ1n) is 7.14. The van der Waals surface area contributed by atoms with E-state index in [-0.39, 0.29) is 5.92 Å². The van der Waals surface area contributed by atoms with Crippen molar-refractivity contribution in [3.05, 3.63) is 0 Å². The van der Waals surface area contributed by atoms with Crippen LogP contribution in [0.2, 0.25) is 0 Å². The van der Waals surface area contributed by atoms with Crippen molar-refractivity contribution in [1.29, 1.82) is 0 Å². The SMILES string of the molecule is CSCC(C)C(=O)N1CCC(OC2CCC2)CC1. The molecule has 1 unspecified atom stereocenters. The van der Waals surface area contributed by atoms with Crippen molar-refractivity contribution in [1.82, 2.24) is 4.90 Å². The lowest BCUT2D eigenvalue weighted by Gasteiger charge is -2.37. The molecule has 0 bridgehead atoms. The first-order chi connectivity index (χ1) is 8.70. The molecule has 18 heavy (non-hydrogen) atoms. The van der Waals surface area contributed by atoms with Gasteiger partial charge in [-0.05, 0) is 38.4 Å². The van der Waals surface area contributed by atoms with Gasteiger partial charge in [0.05, 0.1) is 12.2 Å². The Bertz CT molecular complexity index is 273. The maximum atomic E-state index is 12.2. The van der Waals surface area contributed by atoms with Crippen molar-refractivity contribution in [3.8, 4) is 0 Å². The quantitative estimate of drug-likeness (QED) is 0.769. The predicted octanol–water partition coefficient (Wildman–Crippen LogP) is 2.55. The van der Waals surface area contributed by atoms with Gasteiger partial charge in [0.15, 0.2) is 0 Å². The molecule has 1 aliphatic carbocycles. The number of ether oxygens (including phenoxy) is 1. The van der Waals surface area contributed by atoms with Crippen molar-refractivity contribution in [2.45, 2.75) is 51.2 Å². The molecule has 1 aliphatic heterocycles. The topological polar surface area (TPSA) is 29.5 Å². The second-order valence-corrected chi connectivity index (χ2v) is 6.48. The highest BCUT2D eigenvalue weighted by molar-refractivity contribution is 7.98. The molecule has 1 atom stereocenters. The second-order valence-electron chi connectivity index (χ2n) is 5.57. The highest BCUT2D eigenvalue weighted by Crippen LogP contribution is 2.26. The van der Waals surface area contributed by atoms with Crippen LogP contribution >= 0.6 is 11.8 Å². The second kappa shape index (κ2) is 6.80. The smallest absolute Gasteiger partial charge is 0.226 e. The lowest BCUT2D eigenvalue weighted by molar-refractivity contribution is -0.138. The summed E-state index contributed by atoms with van der Waals surface area (Å²) in [6.07, 6.45) is 8.83. The molecule has 0 aromatic carbocycles. The average molecular weight is 271 g/mol. The van der Waals surface area contributed by atoms with E-state index in [1.165, 1.54) is 19.3 Å². The number of thioether (sulfide) groups is 1. The maximum absolute atomic E-state index is 12.2. The van der Waals surface area contributed by atoms with Gasteiger partial charge in [0, 0.05) is 24.8 Å². The lowest BCUT2D eigenvalue weighted by atomic mass is 9.95. The number of amides is 1. The Hall–Kier alpha value is -0.220. The molecule has 104 valence electrons. The zero-order valence-corrected chi connectivity index (χ0v) is 12.4. The third kappa shape index (κ3) is 3.64. The third-order valence-electron chi connectivity index (χ3n) is 4.03. The van der Waals surface area contributed by atoms with E-state index >= 15 is 0 Å². The van der Waals surface area contributed by atoms with Crippen molar-refractivity contribution < 1.29 is 9.53 Å². The van der Waals surface area contributed by atoms with E-state index in [1.54, 1.807) is 11.8 Å². The Morgan fingerprint density at radius 3 is 2.39 bits per heavy atom. The lowest BCUT2D eigenvalue weighted by Crippen LogP contribution is -2.44. The first kappa shape index (κ1) is 14.2. The largest absolute Gasteiger partial charge is 0.375 e. The molecule has 1 saturated carbocycles. The van der Waals surface area contributed by atoms with Crippen LogP contribution in [0.3, 0.4) is 0 Å². The number of hydrogen-bond donors (Lipinski definition) is 0. The van der Waals surface area contributed by atoms with E-state index in [0.717, 1.165) is 31.7 Å². The van der Waals surface area contributed by atoms with Crippen molar-refractivity contribution in [2.24, 2.45) is 5.92 Å². The highest BCUT2D eigenvalue weighted by atomic mass is 32.2. The van der Waals surface area contributed by atoms with Gasteiger partial charge in [-0.1, -0.05) is 6.92 Å². The third-order valence-corrected chi connectivity index (χ3v) is 4.86. The summed E-state index contributed by atoms with van der Waals surface area (Å²) in [5.74, 6) is 1.41. The van der Waals surface area contributed by atoms with E-state index in [2.05, 4.69) is 6.26 Å². The molecule has 1 heterocycles. The summed E-state index contributed by atoms with van der Waals surface area (Å²) in [7, 11) is 0. The van der Waals surface area contributed by atoms with Gasteiger partial charge in [-0.3, -0.25) is 4.79 Å². The molecule has 2 aliphatic rings. The van der Waals surface area contributed by atoms with Crippen LogP contribution in [0, 0.1) is 5.92 Å². The Morgan fingerprint density at radius 2 is 1.89 bits per heavy atom. The van der Waals surface area contributed by atoms with Crippen LogP contribution < -0.4 is 0 Å². The standard InChI is InChI=1S/C14H25NO2S/c1-11(10-18-2)14(16)15-8-6-13(7-9-15)17-12-4-3-5-12/h11-13H,3-10H2,1-2H3. The summed E-state index contributed by atoms with van der Waals surface area (Å²) in [5.41, 5.74) is 0. The fraction of sp³-hybridized carbons (Fsp3) is 0.929. The summed E-state index contributed by atoms with van der Waals surface area (Å²) in [5, 5.41) is 0. The van der Waals surface area contributed by atoms with Gasteiger partial charge in [-0.2, -0.15) is 11.8 Å². The molecule has 2 rings (SSSR count). The van der Waals surface area contributed by atoms with Gasteiger partial charge >= 0.3 is 0 Å². The van der Waals surface area contributed by atoms with E-state index < -0.39 is 0 Å². The number of nitrogens with zero attached hydrogens (tertiary/aromatic N) is 1. The van der Waals surface area contributed by atoms with Gasteiger partial charge in [-0.15, -0.1) is 0 Å². The minimum atomic E-state index is 0.157. The molecular weight excluding hydrogens is 246 g/mol. The molecule has 0 aromatic heterocycles. The van der Waals surface area contributed by atoms with Crippen LogP contribution in [-0.2, 0) is 9.53 Å². The number of hydrogen-bond acceptors (Lipinski definition) is 3. The molecule has 0 radical (unpaired) electrons. The Labute approximate surface area is 115 Å². The first-order valence-corrected chi connectivity index (χ1v) is 8.53. The van der Waals surface area contributed by atoms with Crippen LogP contribution in [0.25, 0.3) is 0 Å². The van der Waals surface area contributed by atoms with Gasteiger partial charge in [0.1, 0.15) is 0 Å². The number of piperidine rings is 1. The Morgan fingerprint density at radius 1 is 1.28 bits per heavy atom. The van der Waals surface area contributed by atoms with Crippen molar-refractivity contribution in [3.63, 3.8) is 0 Å². The van der Waals surface area contributed by atoms with E-state index in [0.29, 0.717) is 18.1 Å². The van der Waals surface area contributed by atoms with Crippen LogP contribution in [0.15, 0.2) is 0 Å². The molecule has 3 nitrogen and oxygen atoms in total. The summed E-state index contributed by atoms with van der Waals surface area (Å²) < 4.78 is 6.02. The molecule has 1 saturated heterocycles. The van der Waals surface area contributed by atoms with Gasteiger partial charge in [0.2, 0.25) is 5.91 Å². The van der Waals surface area contributed by atoms with E-state index in [4.69, 9.17) is 4.74 Å². The molecular formula is C14H25NO2S. The average Bonchev–Trinajstić information content (AvgIpc) is 2.34. The van der Waals surface area contributed by atoms with Crippen molar-refractivity contribution in [2.75, 3.05) is 25.1 Å². The van der Waals surface area contributed by atoms with Crippen LogP contribution in [0.4, 0.5) is 0 Å². The monoisotopic (exact) mass is 271 g/mol. The molecule has 2 fully saturated rings. The predicted molar refractivity (Wildman–Crippen MR) is 75.9 cm³/mol. The summed E-state index contributed by atoms with van der Waals surface area (Å²) >= 11 is 1.75. The number of carbonyl (C=O) groups is 1. The molecule has 4 heteroatoms. The highest BCUT2D eigenvalue weighted by Gasteiger charge is 2.28. The normalized spacial score (nSPS) is 23.8. The van der Waals surface area contributed by atoms with E-state index in [1.807, 2.05) is 11.8 Å². The summed E-state index contributed by atoms with van der Waals surface area (Å²) in [4.78, 5) is 14.2. The minimum absolute atomic E-state index is 0.157. The zero-order valence-electron chi connectivity index (χ0n) is 11.6. The van der Waals surface area contributed by atoms with Gasteiger partial charge < -0.3 is 9.64 Å². The summed E-state index contributed by atoms with van der Waals surface area (Å²) in [6, 6.07) is 0. The van der Waals surface area contributed by atoms with Crippen LogP contribution in [-0.4, -0.2) is 48.1 Å². The number of carbonyl (C=O) groups excluding carboxylic acids is 1. The van der Waals surface area contributed by atoms with Gasteiger partial charge in [0.25, 0.3) is 0 Å².